The Balaban J connectivity index is 2.43. The van der Waals surface area contributed by atoms with Crippen LogP contribution in [0.2, 0.25) is 0 Å². The van der Waals surface area contributed by atoms with Gasteiger partial charge in [0, 0.05) is 11.1 Å². The maximum Gasteiger partial charge on any atom is 0.267 e. The van der Waals surface area contributed by atoms with Crippen molar-refractivity contribution in [3.05, 3.63) is 41.7 Å². The second-order valence-corrected chi connectivity index (χ2v) is 4.50. The molecule has 3 nitrogen and oxygen atoms in total. The molecule has 0 aliphatic carbocycles. The highest BCUT2D eigenvalue weighted by atomic mass is 16.1. The Morgan fingerprint density at radius 2 is 2.06 bits per heavy atom. The average molecular weight is 242 g/mol. The molecule has 0 fully saturated rings. The Bertz CT molecular complexity index is 563. The van der Waals surface area contributed by atoms with Gasteiger partial charge in [-0.1, -0.05) is 44.0 Å². The summed E-state index contributed by atoms with van der Waals surface area (Å²) < 4.78 is 0. The molecule has 0 atom stereocenters. The van der Waals surface area contributed by atoms with Crippen LogP contribution in [0.5, 0.6) is 0 Å². The molecule has 1 aromatic heterocycles. The highest BCUT2D eigenvalue weighted by Gasteiger charge is 2.08. The predicted octanol–water partition coefficient (Wildman–Crippen LogP) is 3.07. The molecule has 0 saturated carbocycles. The molecule has 2 N–H and O–H groups in total. The molecule has 0 spiro atoms. The van der Waals surface area contributed by atoms with Crippen LogP contribution in [-0.2, 0) is 6.42 Å². The van der Waals surface area contributed by atoms with Gasteiger partial charge in [0.25, 0.3) is 5.91 Å². The topological polar surface area (TPSA) is 56.0 Å². The Hall–Kier alpha value is -1.90. The van der Waals surface area contributed by atoms with Crippen molar-refractivity contribution in [2.24, 2.45) is 5.73 Å². The van der Waals surface area contributed by atoms with E-state index in [-0.39, 0.29) is 0 Å². The lowest BCUT2D eigenvalue weighted by Gasteiger charge is -2.07. The number of hydrogen-bond acceptors (Lipinski definition) is 2. The minimum Gasteiger partial charge on any atom is -0.364 e. The largest absolute Gasteiger partial charge is 0.364 e. The highest BCUT2D eigenvalue weighted by Crippen LogP contribution is 2.20. The van der Waals surface area contributed by atoms with Gasteiger partial charge in [0.1, 0.15) is 5.69 Å². The van der Waals surface area contributed by atoms with Crippen LogP contribution in [0.4, 0.5) is 0 Å². The van der Waals surface area contributed by atoms with Crippen molar-refractivity contribution in [2.45, 2.75) is 32.6 Å². The quantitative estimate of drug-likeness (QED) is 0.819. The number of aromatic nitrogens is 1. The summed E-state index contributed by atoms with van der Waals surface area (Å²) in [5, 5.41) is 2.16. The van der Waals surface area contributed by atoms with Gasteiger partial charge in [0.05, 0.1) is 0 Å². The molecule has 1 amide bonds. The smallest absolute Gasteiger partial charge is 0.267 e. The summed E-state index contributed by atoms with van der Waals surface area (Å²) in [7, 11) is 0. The number of nitrogens with zero attached hydrogens (tertiary/aromatic N) is 1. The number of hydrogen-bond donors (Lipinski definition) is 1. The third-order valence-corrected chi connectivity index (χ3v) is 3.09. The van der Waals surface area contributed by atoms with E-state index in [1.807, 2.05) is 24.3 Å². The van der Waals surface area contributed by atoms with Crippen molar-refractivity contribution in [3.8, 4) is 0 Å². The maximum atomic E-state index is 11.3. The fourth-order valence-corrected chi connectivity index (χ4v) is 2.13. The summed E-state index contributed by atoms with van der Waals surface area (Å²) in [6, 6.07) is 9.77. The number of aryl methyl sites for hydroxylation is 1. The van der Waals surface area contributed by atoms with Crippen molar-refractivity contribution in [2.75, 3.05) is 0 Å². The number of unbranched alkanes of at least 4 members (excludes halogenated alkanes) is 2. The van der Waals surface area contributed by atoms with E-state index in [9.17, 15) is 4.79 Å². The monoisotopic (exact) mass is 242 g/mol. The first-order valence-corrected chi connectivity index (χ1v) is 6.41. The zero-order valence-corrected chi connectivity index (χ0v) is 10.6. The maximum absolute atomic E-state index is 11.3. The first kappa shape index (κ1) is 12.6. The second kappa shape index (κ2) is 5.63. The minimum absolute atomic E-state index is 0.361. The molecule has 3 heteroatoms. The molecule has 0 bridgehead atoms. The lowest BCUT2D eigenvalue weighted by molar-refractivity contribution is 0.0995. The van der Waals surface area contributed by atoms with Crippen LogP contribution < -0.4 is 5.73 Å². The number of fused-ring (bicyclic) bond motifs is 1. The van der Waals surface area contributed by atoms with E-state index in [1.165, 1.54) is 12.8 Å². The highest BCUT2D eigenvalue weighted by molar-refractivity contribution is 5.96. The lowest BCUT2D eigenvalue weighted by Crippen LogP contribution is -2.14. The van der Waals surface area contributed by atoms with Gasteiger partial charge in [0.2, 0.25) is 0 Å². The Labute approximate surface area is 107 Å². The summed E-state index contributed by atoms with van der Waals surface area (Å²) in [5.74, 6) is -0.461. The van der Waals surface area contributed by atoms with Crippen LogP contribution in [0.3, 0.4) is 0 Å². The first-order chi connectivity index (χ1) is 8.72. The SMILES string of the molecule is CCCCCc1nc(C(N)=O)cc2ccccc12. The van der Waals surface area contributed by atoms with Gasteiger partial charge in [-0.05, 0) is 24.3 Å². The molecule has 2 aromatic rings. The van der Waals surface area contributed by atoms with Gasteiger partial charge in [0.15, 0.2) is 0 Å². The van der Waals surface area contributed by atoms with Crippen molar-refractivity contribution in [1.82, 2.24) is 4.98 Å². The van der Waals surface area contributed by atoms with Crippen molar-refractivity contribution >= 4 is 16.7 Å². The summed E-state index contributed by atoms with van der Waals surface area (Å²) in [4.78, 5) is 15.7. The molecule has 0 radical (unpaired) electrons. The van der Waals surface area contributed by atoms with E-state index in [4.69, 9.17) is 5.73 Å². The van der Waals surface area contributed by atoms with E-state index in [0.717, 1.165) is 29.3 Å². The molecule has 0 aliphatic rings. The Morgan fingerprint density at radius 1 is 1.28 bits per heavy atom. The van der Waals surface area contributed by atoms with Gasteiger partial charge >= 0.3 is 0 Å². The fourth-order valence-electron chi connectivity index (χ4n) is 2.13. The van der Waals surface area contributed by atoms with Gasteiger partial charge in [-0.2, -0.15) is 0 Å². The number of carbonyl (C=O) groups is 1. The van der Waals surface area contributed by atoms with Crippen molar-refractivity contribution in [3.63, 3.8) is 0 Å². The lowest BCUT2D eigenvalue weighted by atomic mass is 10.0. The number of pyridine rings is 1. The molecule has 18 heavy (non-hydrogen) atoms. The molecule has 0 aliphatic heterocycles. The number of benzene rings is 1. The standard InChI is InChI=1S/C15H18N2O/c1-2-3-4-9-13-12-8-6-5-7-11(12)10-14(17-13)15(16)18/h5-8,10H,2-4,9H2,1H3,(H2,16,18). The molecule has 0 unspecified atom stereocenters. The molecule has 2 rings (SSSR count). The van der Waals surface area contributed by atoms with Gasteiger partial charge < -0.3 is 5.73 Å². The average Bonchev–Trinajstić information content (AvgIpc) is 2.38. The molecule has 1 aromatic carbocycles. The molecule has 1 heterocycles. The molecule has 0 saturated heterocycles. The van der Waals surface area contributed by atoms with Crippen LogP contribution in [0.15, 0.2) is 30.3 Å². The fraction of sp³-hybridized carbons (Fsp3) is 0.333. The third kappa shape index (κ3) is 2.67. The van der Waals surface area contributed by atoms with E-state index in [1.54, 1.807) is 6.07 Å². The Morgan fingerprint density at radius 3 is 2.78 bits per heavy atom. The van der Waals surface area contributed by atoms with Crippen LogP contribution in [-0.4, -0.2) is 10.9 Å². The van der Waals surface area contributed by atoms with E-state index in [0.29, 0.717) is 5.69 Å². The second-order valence-electron chi connectivity index (χ2n) is 4.50. The van der Waals surface area contributed by atoms with Crippen LogP contribution >= 0.6 is 0 Å². The number of rotatable bonds is 5. The van der Waals surface area contributed by atoms with Gasteiger partial charge in [-0.25, -0.2) is 4.98 Å². The van der Waals surface area contributed by atoms with Crippen LogP contribution in [0.25, 0.3) is 10.8 Å². The van der Waals surface area contributed by atoms with Crippen molar-refractivity contribution in [1.29, 1.82) is 0 Å². The molecule has 94 valence electrons. The van der Waals surface area contributed by atoms with Crippen molar-refractivity contribution < 1.29 is 4.79 Å². The summed E-state index contributed by atoms with van der Waals surface area (Å²) in [6.45, 7) is 2.17. The Kier molecular flexibility index (Phi) is 3.92. The normalized spacial score (nSPS) is 10.7. The number of primary amides is 1. The molecular weight excluding hydrogens is 224 g/mol. The number of nitrogens with two attached hydrogens (primary N) is 1. The minimum atomic E-state index is -0.461. The van der Waals surface area contributed by atoms with Crippen LogP contribution in [0, 0.1) is 0 Å². The number of amides is 1. The zero-order chi connectivity index (χ0) is 13.0. The predicted molar refractivity (Wildman–Crippen MR) is 73.5 cm³/mol. The zero-order valence-electron chi connectivity index (χ0n) is 10.6. The summed E-state index contributed by atoms with van der Waals surface area (Å²) >= 11 is 0. The first-order valence-electron chi connectivity index (χ1n) is 6.41. The van der Waals surface area contributed by atoms with E-state index in [2.05, 4.69) is 11.9 Å². The van der Waals surface area contributed by atoms with Gasteiger partial charge in [-0.3, -0.25) is 4.79 Å². The summed E-state index contributed by atoms with van der Waals surface area (Å²) in [5.41, 5.74) is 6.67. The summed E-state index contributed by atoms with van der Waals surface area (Å²) in [6.07, 6.45) is 4.34. The van der Waals surface area contributed by atoms with E-state index >= 15 is 0 Å². The van der Waals surface area contributed by atoms with E-state index < -0.39 is 5.91 Å². The van der Waals surface area contributed by atoms with Crippen LogP contribution in [0.1, 0.15) is 42.4 Å². The van der Waals surface area contributed by atoms with Gasteiger partial charge in [-0.15, -0.1) is 0 Å². The third-order valence-electron chi connectivity index (χ3n) is 3.09. The number of carbonyl (C=O) groups excluding carboxylic acids is 1. The molecular formula is C15H18N2O.